The number of nitrogens with zero attached hydrogens (tertiary/aromatic N) is 1. The van der Waals surface area contributed by atoms with Crippen LogP contribution in [0.3, 0.4) is 0 Å². The van der Waals surface area contributed by atoms with Crippen LogP contribution in [0.2, 0.25) is 0 Å². The highest BCUT2D eigenvalue weighted by molar-refractivity contribution is 7.99. The average Bonchev–Trinajstić information content (AvgIpc) is 2.69. The number of hydrogen-bond donors (Lipinski definition) is 1. The van der Waals surface area contributed by atoms with Gasteiger partial charge in [0.1, 0.15) is 5.54 Å². The molecule has 0 aromatic rings. The SMILES string of the molecule is O=C(O)C1(N2CCSCC2)CCCC1. The van der Waals surface area contributed by atoms with Crippen molar-refractivity contribution >= 4 is 17.7 Å². The molecule has 1 aliphatic carbocycles. The van der Waals surface area contributed by atoms with Crippen LogP contribution in [0.25, 0.3) is 0 Å². The van der Waals surface area contributed by atoms with Crippen LogP contribution in [0, 0.1) is 0 Å². The largest absolute Gasteiger partial charge is 0.480 e. The van der Waals surface area contributed by atoms with E-state index in [0.29, 0.717) is 0 Å². The van der Waals surface area contributed by atoms with Gasteiger partial charge in [-0.1, -0.05) is 12.8 Å². The second-order valence-corrected chi connectivity index (χ2v) is 5.37. The Labute approximate surface area is 88.9 Å². The van der Waals surface area contributed by atoms with E-state index in [4.69, 9.17) is 0 Å². The Kier molecular flexibility index (Phi) is 3.02. The first-order valence-electron chi connectivity index (χ1n) is 5.32. The van der Waals surface area contributed by atoms with Gasteiger partial charge in [-0.15, -0.1) is 0 Å². The van der Waals surface area contributed by atoms with Crippen LogP contribution in [0.4, 0.5) is 0 Å². The van der Waals surface area contributed by atoms with E-state index in [-0.39, 0.29) is 0 Å². The summed E-state index contributed by atoms with van der Waals surface area (Å²) in [5, 5.41) is 9.37. The zero-order valence-corrected chi connectivity index (χ0v) is 9.18. The Morgan fingerprint density at radius 1 is 1.21 bits per heavy atom. The third-order valence-electron chi connectivity index (χ3n) is 3.45. The van der Waals surface area contributed by atoms with Gasteiger partial charge in [-0.2, -0.15) is 11.8 Å². The van der Waals surface area contributed by atoms with Crippen molar-refractivity contribution in [1.82, 2.24) is 4.90 Å². The lowest BCUT2D eigenvalue weighted by Crippen LogP contribution is -2.55. The van der Waals surface area contributed by atoms with E-state index in [1.165, 1.54) is 0 Å². The molecule has 1 N–H and O–H groups in total. The summed E-state index contributed by atoms with van der Waals surface area (Å²) in [6, 6.07) is 0. The molecule has 0 atom stereocenters. The second kappa shape index (κ2) is 4.11. The molecule has 0 amide bonds. The van der Waals surface area contributed by atoms with E-state index in [0.717, 1.165) is 50.3 Å². The first-order chi connectivity index (χ1) is 6.76. The lowest BCUT2D eigenvalue weighted by atomic mass is 9.95. The number of aliphatic carboxylic acids is 1. The van der Waals surface area contributed by atoms with Crippen LogP contribution in [-0.4, -0.2) is 46.1 Å². The smallest absolute Gasteiger partial charge is 0.324 e. The zero-order valence-electron chi connectivity index (χ0n) is 8.37. The van der Waals surface area contributed by atoms with Gasteiger partial charge in [0.2, 0.25) is 0 Å². The van der Waals surface area contributed by atoms with Crippen LogP contribution in [-0.2, 0) is 4.79 Å². The Bertz CT molecular complexity index is 220. The predicted octanol–water partition coefficient (Wildman–Crippen LogP) is 1.43. The van der Waals surface area contributed by atoms with Crippen LogP contribution in [0.1, 0.15) is 25.7 Å². The highest BCUT2D eigenvalue weighted by Crippen LogP contribution is 2.36. The summed E-state index contributed by atoms with van der Waals surface area (Å²) in [5.74, 6) is 1.59. The van der Waals surface area contributed by atoms with Gasteiger partial charge < -0.3 is 5.11 Å². The fourth-order valence-corrected chi connectivity index (χ4v) is 3.52. The monoisotopic (exact) mass is 215 g/mol. The fraction of sp³-hybridized carbons (Fsp3) is 0.900. The molecule has 14 heavy (non-hydrogen) atoms. The van der Waals surface area contributed by atoms with Crippen molar-refractivity contribution in [3.8, 4) is 0 Å². The van der Waals surface area contributed by atoms with E-state index in [1.807, 2.05) is 11.8 Å². The molecule has 80 valence electrons. The average molecular weight is 215 g/mol. The van der Waals surface area contributed by atoms with E-state index in [2.05, 4.69) is 4.90 Å². The Balaban J connectivity index is 2.12. The second-order valence-electron chi connectivity index (χ2n) is 4.14. The van der Waals surface area contributed by atoms with Gasteiger partial charge in [0.15, 0.2) is 0 Å². The Morgan fingerprint density at radius 3 is 2.29 bits per heavy atom. The van der Waals surface area contributed by atoms with Gasteiger partial charge >= 0.3 is 5.97 Å². The van der Waals surface area contributed by atoms with Crippen molar-refractivity contribution in [2.24, 2.45) is 0 Å². The Morgan fingerprint density at radius 2 is 1.79 bits per heavy atom. The van der Waals surface area contributed by atoms with Crippen LogP contribution in [0.5, 0.6) is 0 Å². The molecule has 0 radical (unpaired) electrons. The zero-order chi connectivity index (χ0) is 10.0. The maximum absolute atomic E-state index is 11.4. The van der Waals surface area contributed by atoms with Crippen molar-refractivity contribution < 1.29 is 9.90 Å². The van der Waals surface area contributed by atoms with E-state index < -0.39 is 11.5 Å². The molecule has 2 aliphatic rings. The molecule has 0 aromatic heterocycles. The molecule has 1 saturated heterocycles. The first kappa shape index (κ1) is 10.3. The molecule has 0 unspecified atom stereocenters. The quantitative estimate of drug-likeness (QED) is 0.756. The number of carboxylic acids is 1. The number of carboxylic acid groups (broad SMARTS) is 1. The number of carbonyl (C=O) groups is 1. The molecule has 1 saturated carbocycles. The molecule has 1 heterocycles. The van der Waals surface area contributed by atoms with Gasteiger partial charge in [0.05, 0.1) is 0 Å². The summed E-state index contributed by atoms with van der Waals surface area (Å²) in [5.41, 5.74) is -0.499. The molecule has 0 bridgehead atoms. The van der Waals surface area contributed by atoms with Crippen molar-refractivity contribution in [1.29, 1.82) is 0 Å². The van der Waals surface area contributed by atoms with Crippen molar-refractivity contribution in [2.75, 3.05) is 24.6 Å². The lowest BCUT2D eigenvalue weighted by molar-refractivity contribution is -0.151. The molecule has 0 spiro atoms. The van der Waals surface area contributed by atoms with E-state index in [9.17, 15) is 9.90 Å². The van der Waals surface area contributed by atoms with Crippen molar-refractivity contribution in [3.05, 3.63) is 0 Å². The third-order valence-corrected chi connectivity index (χ3v) is 4.39. The van der Waals surface area contributed by atoms with Gasteiger partial charge in [-0.3, -0.25) is 9.69 Å². The maximum atomic E-state index is 11.4. The maximum Gasteiger partial charge on any atom is 0.324 e. The molecule has 4 heteroatoms. The number of thioether (sulfide) groups is 1. The minimum atomic E-state index is -0.595. The highest BCUT2D eigenvalue weighted by Gasteiger charge is 2.46. The summed E-state index contributed by atoms with van der Waals surface area (Å²) in [6.45, 7) is 1.91. The van der Waals surface area contributed by atoms with Crippen LogP contribution < -0.4 is 0 Å². The Hall–Kier alpha value is -0.220. The van der Waals surface area contributed by atoms with E-state index in [1.54, 1.807) is 0 Å². The minimum absolute atomic E-state index is 0.499. The standard InChI is InChI=1S/C10H17NO2S/c12-9(13)10(3-1-2-4-10)11-5-7-14-8-6-11/h1-8H2,(H,12,13). The van der Waals surface area contributed by atoms with E-state index >= 15 is 0 Å². The molecule has 3 nitrogen and oxygen atoms in total. The topological polar surface area (TPSA) is 40.5 Å². The summed E-state index contributed by atoms with van der Waals surface area (Å²) in [6.07, 6.45) is 3.87. The highest BCUT2D eigenvalue weighted by atomic mass is 32.2. The lowest BCUT2D eigenvalue weighted by Gasteiger charge is -2.39. The first-order valence-corrected chi connectivity index (χ1v) is 6.47. The molecular weight excluding hydrogens is 198 g/mol. The van der Waals surface area contributed by atoms with Gasteiger partial charge in [-0.25, -0.2) is 0 Å². The number of rotatable bonds is 2. The summed E-state index contributed by atoms with van der Waals surface area (Å²) in [7, 11) is 0. The van der Waals surface area contributed by atoms with Crippen molar-refractivity contribution in [2.45, 2.75) is 31.2 Å². The number of hydrogen-bond acceptors (Lipinski definition) is 3. The minimum Gasteiger partial charge on any atom is -0.480 e. The molecular formula is C10H17NO2S. The molecule has 2 rings (SSSR count). The van der Waals surface area contributed by atoms with Crippen molar-refractivity contribution in [3.63, 3.8) is 0 Å². The third kappa shape index (κ3) is 1.65. The molecule has 0 aromatic carbocycles. The normalized spacial score (nSPS) is 27.7. The predicted molar refractivity (Wildman–Crippen MR) is 57.7 cm³/mol. The fourth-order valence-electron chi connectivity index (χ4n) is 2.62. The summed E-state index contributed by atoms with van der Waals surface area (Å²) < 4.78 is 0. The summed E-state index contributed by atoms with van der Waals surface area (Å²) >= 11 is 1.93. The van der Waals surface area contributed by atoms with Gasteiger partial charge in [0.25, 0.3) is 0 Å². The molecule has 1 aliphatic heterocycles. The van der Waals surface area contributed by atoms with Gasteiger partial charge in [0, 0.05) is 24.6 Å². The van der Waals surface area contributed by atoms with Gasteiger partial charge in [-0.05, 0) is 12.8 Å². The van der Waals surface area contributed by atoms with Crippen LogP contribution >= 0.6 is 11.8 Å². The summed E-state index contributed by atoms with van der Waals surface area (Å²) in [4.78, 5) is 13.6. The van der Waals surface area contributed by atoms with Crippen LogP contribution in [0.15, 0.2) is 0 Å². The molecule has 2 fully saturated rings.